The monoisotopic (exact) mass is 243 g/mol. The van der Waals surface area contributed by atoms with Crippen LogP contribution < -0.4 is 0 Å². The Kier molecular flexibility index (Phi) is 7.41. The number of esters is 2. The van der Waals surface area contributed by atoms with E-state index in [4.69, 9.17) is 4.74 Å². The van der Waals surface area contributed by atoms with Crippen molar-refractivity contribution in [1.82, 2.24) is 0 Å². The largest absolute Gasteiger partial charge is 0.512 e. The van der Waals surface area contributed by atoms with Crippen LogP contribution >= 0.6 is 0 Å². The fourth-order valence-electron chi connectivity index (χ4n) is 0.921. The van der Waals surface area contributed by atoms with Gasteiger partial charge in [-0.05, 0) is 20.8 Å². The van der Waals surface area contributed by atoms with Crippen molar-refractivity contribution in [2.24, 2.45) is 4.99 Å². The minimum absolute atomic E-state index is 0.0730. The van der Waals surface area contributed by atoms with Crippen molar-refractivity contribution >= 4 is 18.2 Å². The van der Waals surface area contributed by atoms with E-state index in [0.717, 1.165) is 6.21 Å². The maximum absolute atomic E-state index is 11.3. The molecule has 0 rings (SSSR count). The molecule has 6 heteroatoms. The maximum Gasteiger partial charge on any atom is 0.343 e. The molecule has 96 valence electrons. The van der Waals surface area contributed by atoms with Crippen LogP contribution in [0, 0.1) is 0 Å². The van der Waals surface area contributed by atoms with E-state index in [2.05, 4.69) is 9.73 Å². The molecule has 0 radical (unpaired) electrons. The highest BCUT2D eigenvalue weighted by Gasteiger charge is 2.11. The fourth-order valence-corrected chi connectivity index (χ4v) is 0.921. The van der Waals surface area contributed by atoms with Crippen LogP contribution in [0.5, 0.6) is 0 Å². The summed E-state index contributed by atoms with van der Waals surface area (Å²) in [5, 5.41) is 9.25. The van der Waals surface area contributed by atoms with Crippen LogP contribution in [-0.2, 0) is 19.1 Å². The van der Waals surface area contributed by atoms with E-state index < -0.39 is 11.9 Å². The minimum Gasteiger partial charge on any atom is -0.512 e. The topological polar surface area (TPSA) is 85.2 Å². The molecule has 17 heavy (non-hydrogen) atoms. The zero-order chi connectivity index (χ0) is 13.3. The van der Waals surface area contributed by atoms with Gasteiger partial charge in [0.1, 0.15) is 17.9 Å². The number of ether oxygens (including phenoxy) is 2. The molecule has 0 aliphatic carbocycles. The molecule has 0 saturated carbocycles. The number of hydrogen-bond donors (Lipinski definition) is 1. The first-order chi connectivity index (χ1) is 8.02. The molecule has 1 N–H and O–H groups in total. The first-order valence-electron chi connectivity index (χ1n) is 5.25. The Hall–Kier alpha value is -1.85. The number of allylic oxidation sites excluding steroid dienone is 1. The molecular formula is C11H17NO5. The molecule has 0 unspecified atom stereocenters. The van der Waals surface area contributed by atoms with Gasteiger partial charge in [0, 0.05) is 6.21 Å². The smallest absolute Gasteiger partial charge is 0.343 e. The van der Waals surface area contributed by atoms with Crippen molar-refractivity contribution < 1.29 is 24.2 Å². The Bertz CT molecular complexity index is 329. The zero-order valence-electron chi connectivity index (χ0n) is 10.2. The number of hydrogen-bond acceptors (Lipinski definition) is 6. The van der Waals surface area contributed by atoms with Gasteiger partial charge in [-0.2, -0.15) is 0 Å². The van der Waals surface area contributed by atoms with Crippen LogP contribution in [-0.4, -0.2) is 43.0 Å². The van der Waals surface area contributed by atoms with Crippen molar-refractivity contribution in [3.05, 3.63) is 11.3 Å². The lowest BCUT2D eigenvalue weighted by Gasteiger charge is -2.03. The second-order valence-electron chi connectivity index (χ2n) is 2.99. The first-order valence-corrected chi connectivity index (χ1v) is 5.25. The summed E-state index contributed by atoms with van der Waals surface area (Å²) in [6.45, 7) is 4.93. The summed E-state index contributed by atoms with van der Waals surface area (Å²) < 4.78 is 9.35. The van der Waals surface area contributed by atoms with E-state index in [9.17, 15) is 14.7 Å². The van der Waals surface area contributed by atoms with Gasteiger partial charge in [-0.25, -0.2) is 4.79 Å². The standard InChI is InChI=1S/C11H17NO5/c1-4-16-10(14)7-12-6-9(8(3)13)11(15)17-5-2/h6,13H,4-5,7H2,1-3H3/b9-8-,12-6?. The number of carbonyl (C=O) groups excluding carboxylic acids is 2. The molecule has 0 saturated heterocycles. The Labute approximate surface area is 99.9 Å². The quantitative estimate of drug-likeness (QED) is 0.326. The molecule has 0 amide bonds. The third-order valence-electron chi connectivity index (χ3n) is 1.63. The van der Waals surface area contributed by atoms with Crippen molar-refractivity contribution in [2.45, 2.75) is 20.8 Å². The van der Waals surface area contributed by atoms with Crippen LogP contribution in [0.3, 0.4) is 0 Å². The Morgan fingerprint density at radius 3 is 2.29 bits per heavy atom. The predicted octanol–water partition coefficient (Wildman–Crippen LogP) is 1.02. The zero-order valence-corrected chi connectivity index (χ0v) is 10.2. The molecule has 0 heterocycles. The highest BCUT2D eigenvalue weighted by molar-refractivity contribution is 6.10. The van der Waals surface area contributed by atoms with E-state index in [1.807, 2.05) is 0 Å². The number of aliphatic hydroxyl groups excluding tert-OH is 1. The Morgan fingerprint density at radius 2 is 1.82 bits per heavy atom. The molecule has 0 spiro atoms. The molecule has 0 atom stereocenters. The van der Waals surface area contributed by atoms with Crippen LogP contribution in [0.25, 0.3) is 0 Å². The summed E-state index contributed by atoms with van der Waals surface area (Å²) in [6, 6.07) is 0. The number of carbonyl (C=O) groups is 2. The lowest BCUT2D eigenvalue weighted by molar-refractivity contribution is -0.141. The third kappa shape index (κ3) is 6.34. The summed E-state index contributed by atoms with van der Waals surface area (Å²) in [7, 11) is 0. The van der Waals surface area contributed by atoms with Crippen molar-refractivity contribution in [3.63, 3.8) is 0 Å². The second-order valence-corrected chi connectivity index (χ2v) is 2.99. The van der Waals surface area contributed by atoms with Gasteiger partial charge in [-0.3, -0.25) is 9.79 Å². The molecular weight excluding hydrogens is 226 g/mol. The average molecular weight is 243 g/mol. The first kappa shape index (κ1) is 15.2. The molecule has 0 aliphatic heterocycles. The van der Waals surface area contributed by atoms with Gasteiger partial charge >= 0.3 is 11.9 Å². The predicted molar refractivity (Wildman–Crippen MR) is 62.0 cm³/mol. The summed E-state index contributed by atoms with van der Waals surface area (Å²) in [5.41, 5.74) is -0.0730. The van der Waals surface area contributed by atoms with Gasteiger partial charge in [-0.1, -0.05) is 0 Å². The number of aliphatic imine (C=N–C) groups is 1. The van der Waals surface area contributed by atoms with E-state index in [1.165, 1.54) is 6.92 Å². The highest BCUT2D eigenvalue weighted by atomic mass is 16.5. The molecule has 0 aromatic rings. The summed E-state index contributed by atoms with van der Waals surface area (Å²) >= 11 is 0. The number of aliphatic hydroxyl groups is 1. The van der Waals surface area contributed by atoms with Gasteiger partial charge in [0.15, 0.2) is 0 Å². The lowest BCUT2D eigenvalue weighted by atomic mass is 10.2. The van der Waals surface area contributed by atoms with Crippen LogP contribution in [0.1, 0.15) is 20.8 Å². The van der Waals surface area contributed by atoms with Gasteiger partial charge in [0.05, 0.1) is 13.2 Å². The van der Waals surface area contributed by atoms with Gasteiger partial charge in [0.2, 0.25) is 0 Å². The molecule has 0 aromatic heterocycles. The van der Waals surface area contributed by atoms with E-state index in [1.54, 1.807) is 13.8 Å². The maximum atomic E-state index is 11.3. The Balaban J connectivity index is 4.48. The summed E-state index contributed by atoms with van der Waals surface area (Å²) in [4.78, 5) is 26.0. The fraction of sp³-hybridized carbons (Fsp3) is 0.545. The van der Waals surface area contributed by atoms with Gasteiger partial charge < -0.3 is 14.6 Å². The van der Waals surface area contributed by atoms with E-state index >= 15 is 0 Å². The normalized spacial score (nSPS) is 12.2. The summed E-state index contributed by atoms with van der Waals surface area (Å²) in [5.74, 6) is -1.39. The van der Waals surface area contributed by atoms with Crippen LogP contribution in [0.15, 0.2) is 16.3 Å². The lowest BCUT2D eigenvalue weighted by Crippen LogP contribution is -2.12. The molecule has 6 nitrogen and oxygen atoms in total. The van der Waals surface area contributed by atoms with Crippen molar-refractivity contribution in [3.8, 4) is 0 Å². The average Bonchev–Trinajstić information content (AvgIpc) is 2.24. The van der Waals surface area contributed by atoms with Crippen molar-refractivity contribution in [1.29, 1.82) is 0 Å². The third-order valence-corrected chi connectivity index (χ3v) is 1.63. The molecule has 0 aromatic carbocycles. The number of rotatable bonds is 6. The van der Waals surface area contributed by atoms with Gasteiger partial charge in [0.25, 0.3) is 0 Å². The minimum atomic E-state index is -0.680. The van der Waals surface area contributed by atoms with Crippen LogP contribution in [0.2, 0.25) is 0 Å². The van der Waals surface area contributed by atoms with E-state index in [-0.39, 0.29) is 31.1 Å². The molecule has 0 bridgehead atoms. The summed E-state index contributed by atoms with van der Waals surface area (Å²) in [6.07, 6.45) is 1.10. The van der Waals surface area contributed by atoms with Crippen molar-refractivity contribution in [2.75, 3.05) is 19.8 Å². The van der Waals surface area contributed by atoms with Gasteiger partial charge in [-0.15, -0.1) is 0 Å². The van der Waals surface area contributed by atoms with Crippen LogP contribution in [0.4, 0.5) is 0 Å². The van der Waals surface area contributed by atoms with E-state index in [0.29, 0.717) is 0 Å². The molecule has 0 fully saturated rings. The second kappa shape index (κ2) is 8.32. The number of nitrogens with zero attached hydrogens (tertiary/aromatic N) is 1. The highest BCUT2D eigenvalue weighted by Crippen LogP contribution is 2.01. The Morgan fingerprint density at radius 1 is 1.24 bits per heavy atom. The molecule has 0 aliphatic rings. The SMILES string of the molecule is CCOC(=O)CN=C/C(C(=O)OCC)=C(\C)O.